The molecule has 8 heteroatoms. The van der Waals surface area contributed by atoms with Crippen LogP contribution in [0.1, 0.15) is 5.82 Å². The number of imidazole rings is 1. The minimum Gasteiger partial charge on any atom is -0.330 e. The Hall–Kier alpha value is -1.74. The summed E-state index contributed by atoms with van der Waals surface area (Å²) in [6, 6.07) is 14.9. The zero-order valence-electron chi connectivity index (χ0n) is 15.0. The van der Waals surface area contributed by atoms with Crippen molar-refractivity contribution in [2.45, 2.75) is 11.4 Å². The normalized spacial score (nSPS) is 16.8. The molecule has 0 aliphatic carbocycles. The summed E-state index contributed by atoms with van der Waals surface area (Å²) in [6.07, 6.45) is 0. The van der Waals surface area contributed by atoms with Crippen molar-refractivity contribution in [3.8, 4) is 0 Å². The summed E-state index contributed by atoms with van der Waals surface area (Å²) >= 11 is 3.34. The van der Waals surface area contributed by atoms with E-state index in [9.17, 15) is 8.42 Å². The quantitative estimate of drug-likeness (QED) is 0.615. The Balaban J connectivity index is 1.44. The molecule has 0 saturated carbocycles. The van der Waals surface area contributed by atoms with E-state index >= 15 is 0 Å². The highest BCUT2D eigenvalue weighted by molar-refractivity contribution is 9.10. The Morgan fingerprint density at radius 3 is 2.33 bits per heavy atom. The summed E-state index contributed by atoms with van der Waals surface area (Å²) < 4.78 is 30.2. The van der Waals surface area contributed by atoms with Crippen LogP contribution in [0.25, 0.3) is 11.0 Å². The number of piperazine rings is 1. The topological polar surface area (TPSA) is 58.4 Å². The van der Waals surface area contributed by atoms with Crippen LogP contribution in [0.4, 0.5) is 0 Å². The number of sulfonamides is 1. The SMILES string of the molecule is Cn1c(CN2CCN(S(=O)(=O)c3ccc(Br)cc3)CC2)nc2ccccc21. The molecule has 6 nitrogen and oxygen atoms in total. The average molecular weight is 449 g/mol. The molecule has 3 aromatic rings. The summed E-state index contributed by atoms with van der Waals surface area (Å²) in [5.41, 5.74) is 2.11. The molecule has 1 saturated heterocycles. The summed E-state index contributed by atoms with van der Waals surface area (Å²) in [7, 11) is -1.41. The molecule has 0 amide bonds. The molecule has 142 valence electrons. The van der Waals surface area contributed by atoms with Crippen molar-refractivity contribution in [1.82, 2.24) is 18.8 Å². The smallest absolute Gasteiger partial charge is 0.243 e. The van der Waals surface area contributed by atoms with E-state index in [1.165, 1.54) is 0 Å². The number of hydrogen-bond acceptors (Lipinski definition) is 4. The second kappa shape index (κ2) is 7.35. The molecule has 2 heterocycles. The van der Waals surface area contributed by atoms with Crippen LogP contribution in [0.2, 0.25) is 0 Å². The molecule has 1 aliphatic heterocycles. The number of halogens is 1. The van der Waals surface area contributed by atoms with Crippen LogP contribution in [0.3, 0.4) is 0 Å². The van der Waals surface area contributed by atoms with E-state index in [1.54, 1.807) is 28.6 Å². The van der Waals surface area contributed by atoms with E-state index < -0.39 is 10.0 Å². The third-order valence-electron chi connectivity index (χ3n) is 5.03. The first-order valence-electron chi connectivity index (χ1n) is 8.83. The van der Waals surface area contributed by atoms with E-state index in [4.69, 9.17) is 4.98 Å². The number of para-hydroxylation sites is 2. The van der Waals surface area contributed by atoms with Gasteiger partial charge >= 0.3 is 0 Å². The predicted molar refractivity (Wildman–Crippen MR) is 109 cm³/mol. The van der Waals surface area contributed by atoms with Gasteiger partial charge in [0.1, 0.15) is 5.82 Å². The van der Waals surface area contributed by atoms with Crippen LogP contribution >= 0.6 is 15.9 Å². The first-order chi connectivity index (χ1) is 12.9. The van der Waals surface area contributed by atoms with Gasteiger partial charge in [0.05, 0.1) is 22.5 Å². The zero-order valence-corrected chi connectivity index (χ0v) is 17.4. The minimum atomic E-state index is -3.44. The summed E-state index contributed by atoms with van der Waals surface area (Å²) in [4.78, 5) is 7.32. The molecule has 0 unspecified atom stereocenters. The number of benzene rings is 2. The van der Waals surface area contributed by atoms with Gasteiger partial charge in [-0.2, -0.15) is 4.31 Å². The Bertz CT molecular complexity index is 1060. The number of fused-ring (bicyclic) bond motifs is 1. The maximum absolute atomic E-state index is 12.8. The second-order valence-corrected chi connectivity index (χ2v) is 9.56. The Morgan fingerprint density at radius 2 is 1.67 bits per heavy atom. The third kappa shape index (κ3) is 3.67. The lowest BCUT2D eigenvalue weighted by Gasteiger charge is -2.33. The van der Waals surface area contributed by atoms with E-state index in [2.05, 4.69) is 31.5 Å². The van der Waals surface area contributed by atoms with Gasteiger partial charge in [-0.15, -0.1) is 0 Å². The average Bonchev–Trinajstić information content (AvgIpc) is 2.98. The third-order valence-corrected chi connectivity index (χ3v) is 7.47. The molecule has 0 spiro atoms. The maximum atomic E-state index is 12.8. The molecule has 27 heavy (non-hydrogen) atoms. The monoisotopic (exact) mass is 448 g/mol. The van der Waals surface area contributed by atoms with Gasteiger partial charge in [-0.25, -0.2) is 13.4 Å². The minimum absolute atomic E-state index is 0.342. The molecule has 0 bridgehead atoms. The van der Waals surface area contributed by atoms with Crippen LogP contribution < -0.4 is 0 Å². The number of rotatable bonds is 4. The molecule has 1 aliphatic rings. The van der Waals surface area contributed by atoms with Gasteiger partial charge in [-0.3, -0.25) is 4.90 Å². The molecule has 0 radical (unpaired) electrons. The number of nitrogens with zero attached hydrogens (tertiary/aromatic N) is 4. The lowest BCUT2D eigenvalue weighted by atomic mass is 10.3. The van der Waals surface area contributed by atoms with E-state index in [1.807, 2.05) is 25.2 Å². The first-order valence-corrected chi connectivity index (χ1v) is 11.1. The fourth-order valence-electron chi connectivity index (χ4n) is 3.42. The van der Waals surface area contributed by atoms with Gasteiger partial charge in [-0.05, 0) is 36.4 Å². The Morgan fingerprint density at radius 1 is 1.00 bits per heavy atom. The molecular weight excluding hydrogens is 428 g/mol. The van der Waals surface area contributed by atoms with Gasteiger partial charge in [0.2, 0.25) is 10.0 Å². The summed E-state index contributed by atoms with van der Waals surface area (Å²) in [5.74, 6) is 1.00. The van der Waals surface area contributed by atoms with Crippen molar-refractivity contribution in [2.24, 2.45) is 7.05 Å². The molecular formula is C19H21BrN4O2S. The highest BCUT2D eigenvalue weighted by Gasteiger charge is 2.28. The van der Waals surface area contributed by atoms with Crippen molar-refractivity contribution in [1.29, 1.82) is 0 Å². The fraction of sp³-hybridized carbons (Fsp3) is 0.316. The van der Waals surface area contributed by atoms with E-state index in [-0.39, 0.29) is 0 Å². The van der Waals surface area contributed by atoms with Crippen LogP contribution in [0.5, 0.6) is 0 Å². The lowest BCUT2D eigenvalue weighted by molar-refractivity contribution is 0.177. The molecule has 4 rings (SSSR count). The van der Waals surface area contributed by atoms with E-state index in [0.717, 1.165) is 27.9 Å². The molecule has 2 aromatic carbocycles. The van der Waals surface area contributed by atoms with Crippen molar-refractivity contribution < 1.29 is 8.42 Å². The summed E-state index contributed by atoms with van der Waals surface area (Å²) in [5, 5.41) is 0. The van der Waals surface area contributed by atoms with Crippen molar-refractivity contribution in [2.75, 3.05) is 26.2 Å². The standard InChI is InChI=1S/C19H21BrN4O2S/c1-22-18-5-3-2-4-17(18)21-19(22)14-23-10-12-24(13-11-23)27(25,26)16-8-6-15(20)7-9-16/h2-9H,10-14H2,1H3. The van der Waals surface area contributed by atoms with Crippen LogP contribution in [0.15, 0.2) is 57.9 Å². The van der Waals surface area contributed by atoms with Crippen molar-refractivity contribution in [3.05, 3.63) is 58.8 Å². The van der Waals surface area contributed by atoms with Crippen molar-refractivity contribution in [3.63, 3.8) is 0 Å². The Labute approximate surface area is 167 Å². The van der Waals surface area contributed by atoms with Gasteiger partial charge < -0.3 is 4.57 Å². The number of hydrogen-bond donors (Lipinski definition) is 0. The zero-order chi connectivity index (χ0) is 19.0. The first kappa shape index (κ1) is 18.6. The van der Waals surface area contributed by atoms with Crippen LogP contribution in [-0.2, 0) is 23.6 Å². The van der Waals surface area contributed by atoms with Gasteiger partial charge in [0.25, 0.3) is 0 Å². The molecule has 0 atom stereocenters. The van der Waals surface area contributed by atoms with Crippen molar-refractivity contribution >= 4 is 37.0 Å². The van der Waals surface area contributed by atoms with Gasteiger partial charge in [0.15, 0.2) is 0 Å². The molecule has 1 fully saturated rings. The predicted octanol–water partition coefficient (Wildman–Crippen LogP) is 2.84. The summed E-state index contributed by atoms with van der Waals surface area (Å²) in [6.45, 7) is 3.08. The van der Waals surface area contributed by atoms with Gasteiger partial charge in [-0.1, -0.05) is 28.1 Å². The van der Waals surface area contributed by atoms with Crippen LogP contribution in [-0.4, -0.2) is 53.4 Å². The lowest BCUT2D eigenvalue weighted by Crippen LogP contribution is -2.48. The van der Waals surface area contributed by atoms with Crippen LogP contribution in [0, 0.1) is 0 Å². The fourth-order valence-corrected chi connectivity index (χ4v) is 5.11. The second-order valence-electron chi connectivity index (χ2n) is 6.71. The molecule has 0 N–H and O–H groups in total. The number of aromatic nitrogens is 2. The molecule has 1 aromatic heterocycles. The van der Waals surface area contributed by atoms with E-state index in [0.29, 0.717) is 31.1 Å². The largest absolute Gasteiger partial charge is 0.330 e. The number of aryl methyl sites for hydroxylation is 1. The Kier molecular flexibility index (Phi) is 5.07. The highest BCUT2D eigenvalue weighted by atomic mass is 79.9. The highest BCUT2D eigenvalue weighted by Crippen LogP contribution is 2.21. The maximum Gasteiger partial charge on any atom is 0.243 e. The van der Waals surface area contributed by atoms with Gasteiger partial charge in [0, 0.05) is 37.7 Å².